The van der Waals surface area contributed by atoms with Crippen molar-refractivity contribution in [2.45, 2.75) is 44.3 Å². The first-order chi connectivity index (χ1) is 9.07. The van der Waals surface area contributed by atoms with E-state index in [4.69, 9.17) is 0 Å². The summed E-state index contributed by atoms with van der Waals surface area (Å²) in [5.41, 5.74) is 2.15. The predicted octanol–water partition coefficient (Wildman–Crippen LogP) is 4.99. The molecule has 1 aliphatic carbocycles. The third-order valence-corrected chi connectivity index (χ3v) is 9.46. The molecule has 0 N–H and O–H groups in total. The van der Waals surface area contributed by atoms with Crippen molar-refractivity contribution in [1.82, 2.24) is 0 Å². The zero-order chi connectivity index (χ0) is 13.9. The van der Waals surface area contributed by atoms with Gasteiger partial charge >= 0.3 is 0 Å². The van der Waals surface area contributed by atoms with E-state index in [2.05, 4.69) is 56.6 Å². The molecule has 1 aliphatic rings. The second-order valence-electron chi connectivity index (χ2n) is 6.40. The zero-order valence-corrected chi connectivity index (χ0v) is 13.4. The average molecular weight is 270 g/mol. The molecular weight excluding hydrogens is 244 g/mol. The summed E-state index contributed by atoms with van der Waals surface area (Å²) in [4.78, 5) is 0. The Kier molecular flexibility index (Phi) is 4.46. The van der Waals surface area contributed by atoms with Gasteiger partial charge in [0.05, 0.1) is 8.07 Å². The van der Waals surface area contributed by atoms with Crippen LogP contribution in [-0.4, -0.2) is 8.07 Å². The maximum atomic E-state index is 3.95. The van der Waals surface area contributed by atoms with Crippen LogP contribution in [0.3, 0.4) is 0 Å². The SMILES string of the molecule is C=Cc1ccc([Si](C)(C)C2CCC(C=C)CC2)cc1. The van der Waals surface area contributed by atoms with Gasteiger partial charge in [-0.1, -0.05) is 74.1 Å². The van der Waals surface area contributed by atoms with Gasteiger partial charge in [0.25, 0.3) is 0 Å². The van der Waals surface area contributed by atoms with Gasteiger partial charge in [0.2, 0.25) is 0 Å². The number of hydrogen-bond donors (Lipinski definition) is 0. The van der Waals surface area contributed by atoms with Crippen LogP contribution in [0.2, 0.25) is 18.6 Å². The molecule has 0 amide bonds. The highest BCUT2D eigenvalue weighted by atomic mass is 28.3. The topological polar surface area (TPSA) is 0 Å². The molecular formula is C18H26Si. The Labute approximate surface area is 119 Å². The first-order valence-corrected chi connectivity index (χ1v) is 10.5. The molecule has 0 unspecified atom stereocenters. The maximum Gasteiger partial charge on any atom is 0.0836 e. The zero-order valence-electron chi connectivity index (χ0n) is 12.4. The van der Waals surface area contributed by atoms with E-state index < -0.39 is 8.07 Å². The third-order valence-electron chi connectivity index (χ3n) is 5.02. The molecule has 0 spiro atoms. The van der Waals surface area contributed by atoms with Crippen LogP contribution < -0.4 is 5.19 Å². The van der Waals surface area contributed by atoms with Crippen molar-refractivity contribution >= 4 is 19.3 Å². The molecule has 0 nitrogen and oxygen atoms in total. The van der Waals surface area contributed by atoms with Gasteiger partial charge in [-0.3, -0.25) is 0 Å². The van der Waals surface area contributed by atoms with Gasteiger partial charge < -0.3 is 0 Å². The van der Waals surface area contributed by atoms with Crippen LogP contribution in [0.25, 0.3) is 6.08 Å². The molecule has 1 heteroatoms. The minimum absolute atomic E-state index is 0.768. The predicted molar refractivity (Wildman–Crippen MR) is 89.6 cm³/mol. The molecule has 19 heavy (non-hydrogen) atoms. The van der Waals surface area contributed by atoms with Gasteiger partial charge in [-0.25, -0.2) is 0 Å². The van der Waals surface area contributed by atoms with E-state index in [9.17, 15) is 0 Å². The fourth-order valence-corrected chi connectivity index (χ4v) is 6.63. The molecule has 1 fully saturated rings. The van der Waals surface area contributed by atoms with E-state index in [0.717, 1.165) is 11.5 Å². The highest BCUT2D eigenvalue weighted by molar-refractivity contribution is 6.91. The second kappa shape index (κ2) is 5.92. The average Bonchev–Trinajstić information content (AvgIpc) is 2.47. The third kappa shape index (κ3) is 3.09. The van der Waals surface area contributed by atoms with Crippen LogP contribution in [0.1, 0.15) is 31.2 Å². The monoisotopic (exact) mass is 270 g/mol. The quantitative estimate of drug-likeness (QED) is 0.534. The lowest BCUT2D eigenvalue weighted by atomic mass is 9.89. The van der Waals surface area contributed by atoms with Gasteiger partial charge in [0, 0.05) is 0 Å². The van der Waals surface area contributed by atoms with Crippen molar-refractivity contribution in [3.8, 4) is 0 Å². The molecule has 1 saturated carbocycles. The van der Waals surface area contributed by atoms with Crippen LogP contribution in [0.4, 0.5) is 0 Å². The highest BCUT2D eigenvalue weighted by Gasteiger charge is 2.35. The van der Waals surface area contributed by atoms with Crippen molar-refractivity contribution in [3.05, 3.63) is 49.1 Å². The van der Waals surface area contributed by atoms with Crippen molar-refractivity contribution in [1.29, 1.82) is 0 Å². The number of hydrogen-bond acceptors (Lipinski definition) is 0. The number of allylic oxidation sites excluding steroid dienone is 1. The van der Waals surface area contributed by atoms with E-state index in [0.29, 0.717) is 0 Å². The van der Waals surface area contributed by atoms with E-state index in [1.807, 2.05) is 6.08 Å². The summed E-state index contributed by atoms with van der Waals surface area (Å²) in [5, 5.41) is 1.60. The first-order valence-electron chi connectivity index (χ1n) is 7.43. The number of rotatable bonds is 4. The largest absolute Gasteiger partial charge is 0.103 e. The lowest BCUT2D eigenvalue weighted by Crippen LogP contribution is -2.47. The molecule has 1 aromatic carbocycles. The van der Waals surface area contributed by atoms with Gasteiger partial charge in [0.15, 0.2) is 0 Å². The summed E-state index contributed by atoms with van der Waals surface area (Å²) in [6, 6.07) is 9.10. The molecule has 0 radical (unpaired) electrons. The summed E-state index contributed by atoms with van der Waals surface area (Å²) in [7, 11) is -1.33. The van der Waals surface area contributed by atoms with Crippen LogP contribution >= 0.6 is 0 Å². The van der Waals surface area contributed by atoms with Crippen molar-refractivity contribution in [3.63, 3.8) is 0 Å². The molecule has 2 rings (SSSR count). The van der Waals surface area contributed by atoms with E-state index in [1.54, 1.807) is 5.19 Å². The minimum Gasteiger partial charge on any atom is -0.103 e. The Bertz CT molecular complexity index is 433. The van der Waals surface area contributed by atoms with Gasteiger partial charge in [-0.2, -0.15) is 0 Å². The fraction of sp³-hybridized carbons (Fsp3) is 0.444. The number of benzene rings is 1. The molecule has 1 aromatic rings. The van der Waals surface area contributed by atoms with Crippen LogP contribution in [-0.2, 0) is 0 Å². The van der Waals surface area contributed by atoms with Crippen molar-refractivity contribution in [2.24, 2.45) is 5.92 Å². The Morgan fingerprint density at radius 3 is 2.05 bits per heavy atom. The normalized spacial score (nSPS) is 23.9. The minimum atomic E-state index is -1.33. The van der Waals surface area contributed by atoms with Crippen molar-refractivity contribution in [2.75, 3.05) is 0 Å². The Morgan fingerprint density at radius 2 is 1.58 bits per heavy atom. The standard InChI is InChI=1S/C18H26Si/c1-5-15-7-11-17(12-8-15)19(3,4)18-13-9-16(6-2)10-14-18/h5-8,11-12,16,18H,1-2,9-10,13-14H2,3-4H3. The molecule has 102 valence electrons. The maximum absolute atomic E-state index is 3.95. The van der Waals surface area contributed by atoms with Crippen LogP contribution in [0.5, 0.6) is 0 Å². The highest BCUT2D eigenvalue weighted by Crippen LogP contribution is 2.39. The Balaban J connectivity index is 2.12. The molecule has 0 saturated heterocycles. The Hall–Kier alpha value is -1.08. The van der Waals surface area contributed by atoms with Crippen LogP contribution in [0.15, 0.2) is 43.5 Å². The first kappa shape index (κ1) is 14.3. The van der Waals surface area contributed by atoms with Crippen LogP contribution in [0, 0.1) is 5.92 Å². The molecule has 0 aromatic heterocycles. The lowest BCUT2D eigenvalue weighted by molar-refractivity contribution is 0.413. The molecule has 0 heterocycles. The fourth-order valence-electron chi connectivity index (χ4n) is 3.36. The lowest BCUT2D eigenvalue weighted by Gasteiger charge is -2.37. The summed E-state index contributed by atoms with van der Waals surface area (Å²) in [5.74, 6) is 0.768. The van der Waals surface area contributed by atoms with Gasteiger partial charge in [0.1, 0.15) is 0 Å². The summed E-state index contributed by atoms with van der Waals surface area (Å²) in [6.07, 6.45) is 9.54. The summed E-state index contributed by atoms with van der Waals surface area (Å²) < 4.78 is 0. The smallest absolute Gasteiger partial charge is 0.0836 e. The van der Waals surface area contributed by atoms with E-state index >= 15 is 0 Å². The molecule has 0 aliphatic heterocycles. The van der Waals surface area contributed by atoms with E-state index in [1.165, 1.54) is 31.2 Å². The Morgan fingerprint density at radius 1 is 1.00 bits per heavy atom. The van der Waals surface area contributed by atoms with E-state index in [-0.39, 0.29) is 0 Å². The second-order valence-corrected chi connectivity index (χ2v) is 11.2. The molecule has 0 atom stereocenters. The van der Waals surface area contributed by atoms with Gasteiger partial charge in [-0.15, -0.1) is 6.58 Å². The summed E-state index contributed by atoms with van der Waals surface area (Å²) >= 11 is 0. The van der Waals surface area contributed by atoms with Gasteiger partial charge in [-0.05, 0) is 29.9 Å². The summed E-state index contributed by atoms with van der Waals surface area (Å²) in [6.45, 7) is 12.9. The molecule has 0 bridgehead atoms. The van der Waals surface area contributed by atoms with Crippen molar-refractivity contribution < 1.29 is 0 Å².